The lowest BCUT2D eigenvalue weighted by atomic mass is 9.79. The maximum atomic E-state index is 2.32. The zero-order valence-electron chi connectivity index (χ0n) is 14.7. The Hall–Kier alpha value is -2.34. The van der Waals surface area contributed by atoms with E-state index in [2.05, 4.69) is 98.8 Å². The van der Waals surface area contributed by atoms with Crippen molar-refractivity contribution < 1.29 is 0 Å². The molecule has 24 heavy (non-hydrogen) atoms. The molecule has 0 N–H and O–H groups in total. The van der Waals surface area contributed by atoms with Gasteiger partial charge in [-0.05, 0) is 35.1 Å². The average molecular weight is 314 g/mol. The summed E-state index contributed by atoms with van der Waals surface area (Å²) in [6.07, 6.45) is 2.23. The van der Waals surface area contributed by atoms with E-state index in [0.29, 0.717) is 11.8 Å². The van der Waals surface area contributed by atoms with Crippen LogP contribution in [0.2, 0.25) is 0 Å². The van der Waals surface area contributed by atoms with Crippen LogP contribution in [0.25, 0.3) is 0 Å². The molecule has 0 aliphatic rings. The van der Waals surface area contributed by atoms with Gasteiger partial charge in [-0.3, -0.25) is 0 Å². The number of hydrogen-bond donors (Lipinski definition) is 0. The average Bonchev–Trinajstić information content (AvgIpc) is 2.66. The lowest BCUT2D eigenvalue weighted by Gasteiger charge is -2.25. The molecule has 0 heterocycles. The smallest absolute Gasteiger partial charge is 0.00896 e. The van der Waals surface area contributed by atoms with Gasteiger partial charge in [0.1, 0.15) is 0 Å². The number of rotatable bonds is 6. The molecule has 0 aliphatic heterocycles. The Morgan fingerprint density at radius 3 is 1.17 bits per heavy atom. The Labute approximate surface area is 146 Å². The molecule has 0 fully saturated rings. The van der Waals surface area contributed by atoms with Crippen molar-refractivity contribution in [1.29, 1.82) is 0 Å². The third-order valence-electron chi connectivity index (χ3n) is 4.97. The lowest BCUT2D eigenvalue weighted by molar-refractivity contribution is 0.720. The summed E-state index contributed by atoms with van der Waals surface area (Å²) in [5.74, 6) is 0.917. The fourth-order valence-corrected chi connectivity index (χ4v) is 3.79. The second kappa shape index (κ2) is 7.97. The number of hydrogen-bond acceptors (Lipinski definition) is 0. The van der Waals surface area contributed by atoms with Gasteiger partial charge in [-0.2, -0.15) is 0 Å². The van der Waals surface area contributed by atoms with Gasteiger partial charge in [0.05, 0.1) is 0 Å². The highest BCUT2D eigenvalue weighted by molar-refractivity contribution is 5.43. The number of benzene rings is 3. The molecule has 0 aromatic heterocycles. The van der Waals surface area contributed by atoms with Crippen LogP contribution < -0.4 is 0 Å². The molecule has 0 saturated carbocycles. The van der Waals surface area contributed by atoms with E-state index < -0.39 is 0 Å². The molecule has 0 aliphatic carbocycles. The minimum absolute atomic E-state index is 0.458. The summed E-state index contributed by atoms with van der Waals surface area (Å²) in [4.78, 5) is 0. The monoisotopic (exact) mass is 314 g/mol. The highest BCUT2D eigenvalue weighted by Crippen LogP contribution is 2.37. The van der Waals surface area contributed by atoms with Crippen LogP contribution in [0.15, 0.2) is 84.9 Å². The first-order valence-corrected chi connectivity index (χ1v) is 9.03. The molecule has 0 heteroatoms. The Kier molecular flexibility index (Phi) is 5.48. The van der Waals surface area contributed by atoms with E-state index in [1.165, 1.54) is 22.3 Å². The van der Waals surface area contributed by atoms with Gasteiger partial charge in [-0.15, -0.1) is 0 Å². The Morgan fingerprint density at radius 1 is 0.500 bits per heavy atom. The van der Waals surface area contributed by atoms with E-state index in [4.69, 9.17) is 0 Å². The van der Waals surface area contributed by atoms with Crippen LogP contribution in [0.4, 0.5) is 0 Å². The standard InChI is InChI=1S/C24H26/c1-3-21(19-13-7-5-8-14-19)23-17-11-12-18-24(23)22(4-2)20-15-9-6-10-16-20/h5-18,21-22H,3-4H2,1-2H3. The summed E-state index contributed by atoms with van der Waals surface area (Å²) in [5, 5.41) is 0. The van der Waals surface area contributed by atoms with Crippen LogP contribution in [-0.4, -0.2) is 0 Å². The molecule has 2 atom stereocenters. The zero-order valence-corrected chi connectivity index (χ0v) is 14.7. The van der Waals surface area contributed by atoms with Gasteiger partial charge >= 0.3 is 0 Å². The molecule has 3 aromatic carbocycles. The van der Waals surface area contributed by atoms with Gasteiger partial charge < -0.3 is 0 Å². The zero-order chi connectivity index (χ0) is 16.8. The predicted molar refractivity (Wildman–Crippen MR) is 104 cm³/mol. The van der Waals surface area contributed by atoms with Crippen molar-refractivity contribution in [2.24, 2.45) is 0 Å². The van der Waals surface area contributed by atoms with Gasteiger partial charge in [0, 0.05) is 11.8 Å². The molecular weight excluding hydrogens is 288 g/mol. The van der Waals surface area contributed by atoms with Gasteiger partial charge in [0.15, 0.2) is 0 Å². The molecule has 3 aromatic rings. The van der Waals surface area contributed by atoms with Crippen molar-refractivity contribution in [2.45, 2.75) is 38.5 Å². The molecule has 122 valence electrons. The fraction of sp³-hybridized carbons (Fsp3) is 0.250. The second-order valence-electron chi connectivity index (χ2n) is 6.37. The fourth-order valence-electron chi connectivity index (χ4n) is 3.79. The van der Waals surface area contributed by atoms with Crippen molar-refractivity contribution >= 4 is 0 Å². The molecular formula is C24H26. The van der Waals surface area contributed by atoms with E-state index in [0.717, 1.165) is 12.8 Å². The molecule has 0 spiro atoms. The normalized spacial score (nSPS) is 13.4. The molecule has 0 saturated heterocycles. The molecule has 2 unspecified atom stereocenters. The van der Waals surface area contributed by atoms with E-state index in [1.807, 2.05) is 0 Å². The minimum Gasteiger partial charge on any atom is -0.0645 e. The third kappa shape index (κ3) is 3.43. The first-order valence-electron chi connectivity index (χ1n) is 9.03. The minimum atomic E-state index is 0.458. The highest BCUT2D eigenvalue weighted by atomic mass is 14.2. The molecule has 0 bridgehead atoms. The summed E-state index contributed by atoms with van der Waals surface area (Å²) in [6, 6.07) is 30.8. The molecule has 3 rings (SSSR count). The van der Waals surface area contributed by atoms with Crippen LogP contribution in [0.5, 0.6) is 0 Å². The summed E-state index contributed by atoms with van der Waals surface area (Å²) < 4.78 is 0. The first-order chi connectivity index (χ1) is 11.8. The van der Waals surface area contributed by atoms with Crippen LogP contribution in [-0.2, 0) is 0 Å². The van der Waals surface area contributed by atoms with E-state index in [-0.39, 0.29) is 0 Å². The SMILES string of the molecule is CCC(c1ccccc1)c1ccccc1C(CC)c1ccccc1. The van der Waals surface area contributed by atoms with Crippen LogP contribution in [0, 0.1) is 0 Å². The maximum absolute atomic E-state index is 2.32. The van der Waals surface area contributed by atoms with Crippen molar-refractivity contribution in [2.75, 3.05) is 0 Å². The Morgan fingerprint density at radius 2 is 0.833 bits per heavy atom. The molecule has 0 radical (unpaired) electrons. The Bertz CT molecular complexity index is 677. The van der Waals surface area contributed by atoms with Gasteiger partial charge in [-0.1, -0.05) is 98.8 Å². The van der Waals surface area contributed by atoms with Crippen LogP contribution >= 0.6 is 0 Å². The topological polar surface area (TPSA) is 0 Å². The maximum Gasteiger partial charge on any atom is 0.00896 e. The highest BCUT2D eigenvalue weighted by Gasteiger charge is 2.20. The first kappa shape index (κ1) is 16.5. The third-order valence-corrected chi connectivity index (χ3v) is 4.97. The van der Waals surface area contributed by atoms with Gasteiger partial charge in [0.2, 0.25) is 0 Å². The van der Waals surface area contributed by atoms with E-state index in [1.54, 1.807) is 0 Å². The summed E-state index contributed by atoms with van der Waals surface area (Å²) in [7, 11) is 0. The second-order valence-corrected chi connectivity index (χ2v) is 6.37. The van der Waals surface area contributed by atoms with Crippen molar-refractivity contribution in [1.82, 2.24) is 0 Å². The largest absolute Gasteiger partial charge is 0.0645 e. The summed E-state index contributed by atoms with van der Waals surface area (Å²) >= 11 is 0. The quantitative estimate of drug-likeness (QED) is 0.471. The molecule has 0 nitrogen and oxygen atoms in total. The van der Waals surface area contributed by atoms with Crippen molar-refractivity contribution in [3.05, 3.63) is 107 Å². The Balaban J connectivity index is 2.07. The summed E-state index contributed by atoms with van der Waals surface area (Å²) in [5.41, 5.74) is 5.77. The van der Waals surface area contributed by atoms with Crippen LogP contribution in [0.3, 0.4) is 0 Å². The summed E-state index contributed by atoms with van der Waals surface area (Å²) in [6.45, 7) is 4.58. The lowest BCUT2D eigenvalue weighted by Crippen LogP contribution is -2.08. The van der Waals surface area contributed by atoms with E-state index >= 15 is 0 Å². The van der Waals surface area contributed by atoms with Crippen molar-refractivity contribution in [3.63, 3.8) is 0 Å². The molecule has 0 amide bonds. The van der Waals surface area contributed by atoms with Gasteiger partial charge in [-0.25, -0.2) is 0 Å². The van der Waals surface area contributed by atoms with Crippen molar-refractivity contribution in [3.8, 4) is 0 Å². The van der Waals surface area contributed by atoms with Crippen LogP contribution in [0.1, 0.15) is 60.8 Å². The van der Waals surface area contributed by atoms with E-state index in [9.17, 15) is 0 Å². The predicted octanol–water partition coefficient (Wildman–Crippen LogP) is 6.77. The van der Waals surface area contributed by atoms with Gasteiger partial charge in [0.25, 0.3) is 0 Å².